The lowest BCUT2D eigenvalue weighted by Gasteiger charge is -2.07. The highest BCUT2D eigenvalue weighted by Crippen LogP contribution is 2.35. The first-order valence-corrected chi connectivity index (χ1v) is 10.1. The lowest BCUT2D eigenvalue weighted by atomic mass is 10.2. The molecule has 0 radical (unpaired) electrons. The van der Waals surface area contributed by atoms with E-state index < -0.39 is 11.7 Å². The minimum absolute atomic E-state index is 0.241. The average Bonchev–Trinajstić information content (AvgIpc) is 3.12. The van der Waals surface area contributed by atoms with Crippen LogP contribution in [0.25, 0.3) is 28.3 Å². The Bertz CT molecular complexity index is 1160. The molecule has 4 rings (SSSR count). The molecule has 0 saturated heterocycles. The van der Waals surface area contributed by atoms with Crippen LogP contribution in [0.1, 0.15) is 12.5 Å². The Morgan fingerprint density at radius 2 is 2.00 bits per heavy atom. The van der Waals surface area contributed by atoms with E-state index in [4.69, 9.17) is 0 Å². The van der Waals surface area contributed by atoms with Crippen LogP contribution in [-0.4, -0.2) is 29.7 Å². The molecule has 0 aliphatic rings. The van der Waals surface area contributed by atoms with Crippen molar-refractivity contribution >= 4 is 51.2 Å². The number of imidazole rings is 2. The monoisotopic (exact) mass is 503 g/mol. The Kier molecular flexibility index (Phi) is 4.57. The Morgan fingerprint density at radius 3 is 2.70 bits per heavy atom. The number of halogens is 4. The van der Waals surface area contributed by atoms with Gasteiger partial charge >= 0.3 is 6.18 Å². The Morgan fingerprint density at radius 1 is 1.22 bits per heavy atom. The highest BCUT2D eigenvalue weighted by Gasteiger charge is 2.31. The summed E-state index contributed by atoms with van der Waals surface area (Å²) in [6.07, 6.45) is -1.25. The minimum Gasteiger partial charge on any atom is -0.310 e. The molecule has 0 aromatic carbocycles. The maximum atomic E-state index is 13.1. The number of fused-ring (bicyclic) bond motifs is 2. The van der Waals surface area contributed by atoms with Crippen molar-refractivity contribution in [2.24, 2.45) is 7.05 Å². The molecule has 0 unspecified atom stereocenters. The molecule has 4 aromatic heterocycles. The van der Waals surface area contributed by atoms with Gasteiger partial charge in [0.25, 0.3) is 0 Å². The maximum absolute atomic E-state index is 13.1. The topological polar surface area (TPSA) is 48.0 Å². The number of hydrogen-bond donors (Lipinski definition) is 0. The van der Waals surface area contributed by atoms with Crippen LogP contribution in [0, 0.1) is 3.57 Å². The van der Waals surface area contributed by atoms with Gasteiger partial charge in [-0.15, -0.1) is 11.8 Å². The summed E-state index contributed by atoms with van der Waals surface area (Å²) in [6, 6.07) is 4.04. The number of pyridine rings is 2. The fourth-order valence-electron chi connectivity index (χ4n) is 2.88. The van der Waals surface area contributed by atoms with Gasteiger partial charge in [-0.3, -0.25) is 4.40 Å². The lowest BCUT2D eigenvalue weighted by Crippen LogP contribution is -2.05. The smallest absolute Gasteiger partial charge is 0.310 e. The number of thioether (sulfide) groups is 1. The van der Waals surface area contributed by atoms with Gasteiger partial charge in [0.1, 0.15) is 21.9 Å². The highest BCUT2D eigenvalue weighted by atomic mass is 127. The van der Waals surface area contributed by atoms with E-state index in [2.05, 4.69) is 37.5 Å². The van der Waals surface area contributed by atoms with Gasteiger partial charge in [0, 0.05) is 23.0 Å². The van der Waals surface area contributed by atoms with Gasteiger partial charge < -0.3 is 4.57 Å². The van der Waals surface area contributed by atoms with Crippen LogP contribution in [0.3, 0.4) is 0 Å². The molecule has 0 amide bonds. The second kappa shape index (κ2) is 6.66. The number of alkyl halides is 3. The third kappa shape index (κ3) is 3.18. The van der Waals surface area contributed by atoms with Crippen LogP contribution >= 0.6 is 34.4 Å². The normalized spacial score (nSPS) is 12.4. The van der Waals surface area contributed by atoms with Crippen LogP contribution in [0.4, 0.5) is 13.2 Å². The van der Waals surface area contributed by atoms with E-state index in [0.29, 0.717) is 17.2 Å². The molecular weight excluding hydrogens is 490 g/mol. The number of aromatic nitrogens is 5. The van der Waals surface area contributed by atoms with Crippen molar-refractivity contribution in [1.29, 1.82) is 0 Å². The van der Waals surface area contributed by atoms with Crippen molar-refractivity contribution in [2.45, 2.75) is 18.1 Å². The summed E-state index contributed by atoms with van der Waals surface area (Å²) in [5.41, 5.74) is 1.49. The molecule has 5 nitrogen and oxygen atoms in total. The van der Waals surface area contributed by atoms with Gasteiger partial charge in [-0.1, -0.05) is 6.92 Å². The van der Waals surface area contributed by atoms with E-state index in [1.165, 1.54) is 18.0 Å². The zero-order valence-corrected chi connectivity index (χ0v) is 17.2. The predicted octanol–water partition coefficient (Wildman–Crippen LogP) is 5.02. The standard InChI is InChI=1S/C17H13F3IN5S/c1-3-27-16-13(15-23-11-7-10(21)8-22-14(11)25(15)2)24-12-6-9(17(18,19)20)4-5-26(12)16/h4-8H,3H2,1-2H3. The van der Waals surface area contributed by atoms with Crippen molar-refractivity contribution < 1.29 is 13.2 Å². The van der Waals surface area contributed by atoms with E-state index in [-0.39, 0.29) is 5.65 Å². The molecule has 4 aromatic rings. The third-order valence-electron chi connectivity index (χ3n) is 4.08. The van der Waals surface area contributed by atoms with Gasteiger partial charge in [0.05, 0.1) is 5.56 Å². The van der Waals surface area contributed by atoms with Crippen LogP contribution in [-0.2, 0) is 13.2 Å². The maximum Gasteiger partial charge on any atom is 0.416 e. The predicted molar refractivity (Wildman–Crippen MR) is 107 cm³/mol. The Labute approximate surface area is 170 Å². The van der Waals surface area contributed by atoms with Crippen molar-refractivity contribution in [2.75, 3.05) is 5.75 Å². The van der Waals surface area contributed by atoms with Gasteiger partial charge in [-0.2, -0.15) is 13.2 Å². The fourth-order valence-corrected chi connectivity index (χ4v) is 4.16. The summed E-state index contributed by atoms with van der Waals surface area (Å²) in [5, 5.41) is 0.759. The van der Waals surface area contributed by atoms with Crippen molar-refractivity contribution in [3.63, 3.8) is 0 Å². The van der Waals surface area contributed by atoms with E-state index >= 15 is 0 Å². The molecule has 0 spiro atoms. The largest absolute Gasteiger partial charge is 0.416 e. The van der Waals surface area contributed by atoms with Crippen LogP contribution in [0.5, 0.6) is 0 Å². The molecule has 0 saturated carbocycles. The molecule has 10 heteroatoms. The van der Waals surface area contributed by atoms with E-state index in [0.717, 1.165) is 32.0 Å². The Hall–Kier alpha value is -1.82. The first-order chi connectivity index (χ1) is 12.8. The molecule has 0 fully saturated rings. The molecule has 4 heterocycles. The fraction of sp³-hybridized carbons (Fsp3) is 0.235. The number of hydrogen-bond acceptors (Lipinski definition) is 4. The molecule has 0 aliphatic carbocycles. The minimum atomic E-state index is -4.41. The Balaban J connectivity index is 1.98. The van der Waals surface area contributed by atoms with Gasteiger partial charge in [0.15, 0.2) is 11.5 Å². The van der Waals surface area contributed by atoms with E-state index in [1.807, 2.05) is 24.6 Å². The van der Waals surface area contributed by atoms with Gasteiger partial charge in [0.2, 0.25) is 0 Å². The summed E-state index contributed by atoms with van der Waals surface area (Å²) < 4.78 is 43.7. The van der Waals surface area contributed by atoms with Crippen molar-refractivity contribution in [3.05, 3.63) is 39.7 Å². The third-order valence-corrected chi connectivity index (χ3v) is 5.62. The van der Waals surface area contributed by atoms with E-state index in [1.54, 1.807) is 10.6 Å². The van der Waals surface area contributed by atoms with Gasteiger partial charge in [-0.05, 0) is 46.5 Å². The summed E-state index contributed by atoms with van der Waals surface area (Å²) in [4.78, 5) is 13.5. The summed E-state index contributed by atoms with van der Waals surface area (Å²) in [5.74, 6) is 1.33. The quantitative estimate of drug-likeness (QED) is 0.291. The molecular formula is C17H13F3IN5S. The number of rotatable bonds is 3. The second-order valence-electron chi connectivity index (χ2n) is 5.83. The average molecular weight is 503 g/mol. The first-order valence-electron chi connectivity index (χ1n) is 8.00. The SMILES string of the molecule is CCSc1c(-c2nc3cc(I)cnc3n2C)nc2cc(C(F)(F)F)ccn12. The first kappa shape index (κ1) is 18.5. The second-order valence-corrected chi connectivity index (χ2v) is 8.33. The molecule has 140 valence electrons. The highest BCUT2D eigenvalue weighted by molar-refractivity contribution is 14.1. The summed E-state index contributed by atoms with van der Waals surface area (Å²) in [6.45, 7) is 1.98. The molecule has 0 bridgehead atoms. The lowest BCUT2D eigenvalue weighted by molar-refractivity contribution is -0.137. The van der Waals surface area contributed by atoms with Crippen LogP contribution in [0.2, 0.25) is 0 Å². The van der Waals surface area contributed by atoms with Gasteiger partial charge in [-0.25, -0.2) is 15.0 Å². The summed E-state index contributed by atoms with van der Waals surface area (Å²) in [7, 11) is 1.83. The van der Waals surface area contributed by atoms with E-state index in [9.17, 15) is 13.2 Å². The number of nitrogens with zero attached hydrogens (tertiary/aromatic N) is 5. The molecule has 0 N–H and O–H groups in total. The van der Waals surface area contributed by atoms with Crippen LogP contribution < -0.4 is 0 Å². The molecule has 0 atom stereocenters. The van der Waals surface area contributed by atoms with Crippen molar-refractivity contribution in [1.82, 2.24) is 23.9 Å². The zero-order chi connectivity index (χ0) is 19.3. The van der Waals surface area contributed by atoms with Crippen molar-refractivity contribution in [3.8, 4) is 11.5 Å². The summed E-state index contributed by atoms with van der Waals surface area (Å²) >= 11 is 3.68. The van der Waals surface area contributed by atoms with Crippen LogP contribution in [0.15, 0.2) is 35.6 Å². The number of aryl methyl sites for hydroxylation is 1. The zero-order valence-electron chi connectivity index (χ0n) is 14.3. The molecule has 27 heavy (non-hydrogen) atoms. The molecule has 0 aliphatic heterocycles.